The Morgan fingerprint density at radius 2 is 1.94 bits per heavy atom. The molecule has 7 nitrogen and oxygen atoms in total. The Bertz CT molecular complexity index is 1320. The lowest BCUT2D eigenvalue weighted by Crippen LogP contribution is -2.45. The summed E-state index contributed by atoms with van der Waals surface area (Å²) in [6.07, 6.45) is 1.74. The van der Waals surface area contributed by atoms with Gasteiger partial charge in [0.15, 0.2) is 6.61 Å². The quantitative estimate of drug-likeness (QED) is 0.449. The first-order valence-electron chi connectivity index (χ1n) is 10.9. The van der Waals surface area contributed by atoms with Crippen LogP contribution < -0.4 is 15.0 Å². The molecule has 1 aliphatic heterocycles. The molecule has 0 saturated heterocycles. The van der Waals surface area contributed by atoms with Crippen molar-refractivity contribution < 1.29 is 14.3 Å². The third-order valence-electron chi connectivity index (χ3n) is 5.56. The molecule has 34 heavy (non-hydrogen) atoms. The second-order valence-corrected chi connectivity index (χ2v) is 8.76. The third kappa shape index (κ3) is 4.53. The SMILES string of the molecule is CC(NC(=O)CN1C(=O)COc2ccc(-c3csc(-c4ccccn4)n3)cc21)c1ccccc1. The number of pyridine rings is 1. The Labute approximate surface area is 201 Å². The first-order valence-corrected chi connectivity index (χ1v) is 11.8. The van der Waals surface area contributed by atoms with Crippen molar-refractivity contribution in [1.29, 1.82) is 0 Å². The molecule has 3 heterocycles. The van der Waals surface area contributed by atoms with Gasteiger partial charge < -0.3 is 10.1 Å². The second-order valence-electron chi connectivity index (χ2n) is 7.90. The summed E-state index contributed by atoms with van der Waals surface area (Å²) in [5.41, 5.74) is 3.97. The van der Waals surface area contributed by atoms with Crippen LogP contribution >= 0.6 is 11.3 Å². The van der Waals surface area contributed by atoms with Gasteiger partial charge in [-0.25, -0.2) is 4.98 Å². The lowest BCUT2D eigenvalue weighted by molar-refractivity contribution is -0.125. The minimum absolute atomic E-state index is 0.0912. The van der Waals surface area contributed by atoms with Crippen LogP contribution in [-0.4, -0.2) is 34.9 Å². The van der Waals surface area contributed by atoms with E-state index in [1.807, 2.05) is 79.0 Å². The van der Waals surface area contributed by atoms with Crippen LogP contribution in [0.15, 0.2) is 78.3 Å². The zero-order valence-electron chi connectivity index (χ0n) is 18.5. The molecule has 4 aromatic rings. The fraction of sp³-hybridized carbons (Fsp3) is 0.154. The molecule has 8 heteroatoms. The van der Waals surface area contributed by atoms with Gasteiger partial charge in [0.1, 0.15) is 17.3 Å². The summed E-state index contributed by atoms with van der Waals surface area (Å²) in [5, 5.41) is 5.74. The maximum atomic E-state index is 12.8. The smallest absolute Gasteiger partial charge is 0.265 e. The predicted octanol–water partition coefficient (Wildman–Crippen LogP) is 4.47. The highest BCUT2D eigenvalue weighted by molar-refractivity contribution is 7.13. The zero-order valence-corrected chi connectivity index (χ0v) is 19.3. The van der Waals surface area contributed by atoms with E-state index in [1.54, 1.807) is 6.20 Å². The number of carbonyl (C=O) groups excluding carboxylic acids is 2. The Morgan fingerprint density at radius 1 is 1.12 bits per heavy atom. The van der Waals surface area contributed by atoms with E-state index in [-0.39, 0.29) is 31.0 Å². The Balaban J connectivity index is 1.37. The van der Waals surface area contributed by atoms with Crippen LogP contribution in [-0.2, 0) is 9.59 Å². The van der Waals surface area contributed by atoms with Crippen molar-refractivity contribution in [2.24, 2.45) is 0 Å². The van der Waals surface area contributed by atoms with E-state index in [9.17, 15) is 9.59 Å². The molecule has 1 unspecified atom stereocenters. The second kappa shape index (κ2) is 9.44. The van der Waals surface area contributed by atoms with Gasteiger partial charge in [-0.05, 0) is 42.8 Å². The number of nitrogens with zero attached hydrogens (tertiary/aromatic N) is 3. The van der Waals surface area contributed by atoms with Crippen molar-refractivity contribution in [2.45, 2.75) is 13.0 Å². The highest BCUT2D eigenvalue weighted by Gasteiger charge is 2.28. The van der Waals surface area contributed by atoms with E-state index >= 15 is 0 Å². The van der Waals surface area contributed by atoms with Gasteiger partial charge in [-0.15, -0.1) is 11.3 Å². The molecule has 0 saturated carbocycles. The van der Waals surface area contributed by atoms with Gasteiger partial charge in [0.2, 0.25) is 5.91 Å². The van der Waals surface area contributed by atoms with E-state index < -0.39 is 0 Å². The van der Waals surface area contributed by atoms with Crippen LogP contribution in [0.5, 0.6) is 5.75 Å². The summed E-state index contributed by atoms with van der Waals surface area (Å²) in [5.74, 6) is 0.0566. The number of rotatable bonds is 6. The van der Waals surface area contributed by atoms with E-state index in [2.05, 4.69) is 10.3 Å². The maximum Gasteiger partial charge on any atom is 0.265 e. The van der Waals surface area contributed by atoms with E-state index in [1.165, 1.54) is 16.2 Å². The number of carbonyl (C=O) groups is 2. The normalized spacial score (nSPS) is 13.7. The predicted molar refractivity (Wildman–Crippen MR) is 132 cm³/mol. The van der Waals surface area contributed by atoms with Gasteiger partial charge in [-0.1, -0.05) is 36.4 Å². The number of amides is 2. The zero-order chi connectivity index (χ0) is 23.5. The molecule has 0 radical (unpaired) electrons. The molecule has 2 aromatic carbocycles. The van der Waals surface area contributed by atoms with Crippen LogP contribution in [0.2, 0.25) is 0 Å². The van der Waals surface area contributed by atoms with Gasteiger partial charge >= 0.3 is 0 Å². The van der Waals surface area contributed by atoms with Crippen molar-refractivity contribution in [2.75, 3.05) is 18.1 Å². The number of hydrogen-bond donors (Lipinski definition) is 1. The van der Waals surface area contributed by atoms with Crippen molar-refractivity contribution in [1.82, 2.24) is 15.3 Å². The first kappa shape index (κ1) is 21.8. The van der Waals surface area contributed by atoms with Gasteiger partial charge in [0, 0.05) is 17.1 Å². The fourth-order valence-corrected chi connectivity index (χ4v) is 4.61. The average Bonchev–Trinajstić information content (AvgIpc) is 3.37. The lowest BCUT2D eigenvalue weighted by Gasteiger charge is -2.29. The van der Waals surface area contributed by atoms with Crippen molar-refractivity contribution in [3.63, 3.8) is 0 Å². The highest BCUT2D eigenvalue weighted by Crippen LogP contribution is 2.37. The summed E-state index contributed by atoms with van der Waals surface area (Å²) in [7, 11) is 0. The van der Waals surface area contributed by atoms with Gasteiger partial charge in [-0.3, -0.25) is 19.5 Å². The molecule has 0 fully saturated rings. The van der Waals surface area contributed by atoms with Crippen LogP contribution in [0.1, 0.15) is 18.5 Å². The molecule has 1 atom stereocenters. The third-order valence-corrected chi connectivity index (χ3v) is 6.43. The lowest BCUT2D eigenvalue weighted by atomic mass is 10.1. The van der Waals surface area contributed by atoms with Crippen LogP contribution in [0.4, 0.5) is 5.69 Å². The molecule has 1 aliphatic rings. The molecule has 1 N–H and O–H groups in total. The molecule has 170 valence electrons. The number of benzene rings is 2. The first-order chi connectivity index (χ1) is 16.6. The number of fused-ring (bicyclic) bond motifs is 1. The van der Waals surface area contributed by atoms with E-state index in [0.29, 0.717) is 11.4 Å². The Kier molecular flexibility index (Phi) is 6.05. The van der Waals surface area contributed by atoms with Crippen LogP contribution in [0, 0.1) is 0 Å². The van der Waals surface area contributed by atoms with Crippen molar-refractivity contribution in [3.05, 3.63) is 83.9 Å². The monoisotopic (exact) mass is 470 g/mol. The standard InChI is InChI=1S/C26H22N4O3S/c1-17(18-7-3-2-4-8-18)28-24(31)14-30-22-13-19(10-11-23(22)33-15-25(30)32)21-16-34-26(29-21)20-9-5-6-12-27-20/h2-13,16-17H,14-15H2,1H3,(H,28,31). The van der Waals surface area contributed by atoms with Crippen molar-refractivity contribution in [3.8, 4) is 27.7 Å². The summed E-state index contributed by atoms with van der Waals surface area (Å²) >= 11 is 1.50. The van der Waals surface area contributed by atoms with Gasteiger partial charge in [-0.2, -0.15) is 0 Å². The summed E-state index contributed by atoms with van der Waals surface area (Å²) in [6.45, 7) is 1.72. The minimum atomic E-state index is -0.264. The molecule has 0 aliphatic carbocycles. The molecular weight excluding hydrogens is 448 g/mol. The Hall–Kier alpha value is -4.04. The average molecular weight is 471 g/mol. The molecule has 2 amide bonds. The van der Waals surface area contributed by atoms with E-state index in [4.69, 9.17) is 9.72 Å². The summed E-state index contributed by atoms with van der Waals surface area (Å²) in [4.78, 5) is 36.0. The summed E-state index contributed by atoms with van der Waals surface area (Å²) in [6, 6.07) is 20.8. The van der Waals surface area contributed by atoms with E-state index in [0.717, 1.165) is 27.5 Å². The largest absolute Gasteiger partial charge is 0.482 e. The number of aromatic nitrogens is 2. The van der Waals surface area contributed by atoms with Crippen molar-refractivity contribution >= 4 is 28.8 Å². The molecule has 5 rings (SSSR count). The van der Waals surface area contributed by atoms with Gasteiger partial charge in [0.25, 0.3) is 5.91 Å². The number of hydrogen-bond acceptors (Lipinski definition) is 6. The highest BCUT2D eigenvalue weighted by atomic mass is 32.1. The number of thiazole rings is 1. The Morgan fingerprint density at radius 3 is 2.74 bits per heavy atom. The number of nitrogens with one attached hydrogen (secondary N) is 1. The number of anilines is 1. The molecule has 0 bridgehead atoms. The minimum Gasteiger partial charge on any atom is -0.482 e. The number of ether oxygens (including phenoxy) is 1. The maximum absolute atomic E-state index is 12.8. The molecular formula is C26H22N4O3S. The molecule has 2 aromatic heterocycles. The molecule has 0 spiro atoms. The topological polar surface area (TPSA) is 84.4 Å². The van der Waals surface area contributed by atoms with Gasteiger partial charge in [0.05, 0.1) is 23.1 Å². The summed E-state index contributed by atoms with van der Waals surface area (Å²) < 4.78 is 5.61. The van der Waals surface area contributed by atoms with Crippen LogP contribution in [0.25, 0.3) is 22.0 Å². The fourth-order valence-electron chi connectivity index (χ4n) is 3.80. The van der Waals surface area contributed by atoms with Crippen LogP contribution in [0.3, 0.4) is 0 Å².